The summed E-state index contributed by atoms with van der Waals surface area (Å²) in [5, 5.41) is 9.11. The van der Waals surface area contributed by atoms with Crippen LogP contribution in [0.2, 0.25) is 0 Å². The van der Waals surface area contributed by atoms with E-state index in [0.717, 1.165) is 12.8 Å². The first-order chi connectivity index (χ1) is 10.1. The van der Waals surface area contributed by atoms with Gasteiger partial charge in [-0.05, 0) is 37.0 Å². The first kappa shape index (κ1) is 14.5. The molecule has 1 unspecified atom stereocenters. The summed E-state index contributed by atoms with van der Waals surface area (Å²) >= 11 is 3.27. The summed E-state index contributed by atoms with van der Waals surface area (Å²) < 4.78 is 6.09. The molecule has 1 atom stereocenters. The van der Waals surface area contributed by atoms with Crippen molar-refractivity contribution in [2.24, 2.45) is 5.92 Å². The number of carboxylic acid groups (broad SMARTS) is 1. The van der Waals surface area contributed by atoms with Crippen LogP contribution in [-0.4, -0.2) is 47.7 Å². The number of ether oxygens (including phenoxy) is 1. The van der Waals surface area contributed by atoms with Crippen molar-refractivity contribution in [2.75, 3.05) is 19.8 Å². The molecular weight excluding hydrogens is 338 g/mol. The molecule has 1 amide bonds. The van der Waals surface area contributed by atoms with E-state index in [1.807, 2.05) is 4.90 Å². The van der Waals surface area contributed by atoms with E-state index < -0.39 is 5.97 Å². The molecule has 2 aliphatic rings. The minimum atomic E-state index is -1.04. The first-order valence-corrected chi connectivity index (χ1v) is 7.78. The molecule has 1 aliphatic heterocycles. The van der Waals surface area contributed by atoms with Crippen molar-refractivity contribution in [1.82, 2.24) is 4.90 Å². The number of halogens is 1. The van der Waals surface area contributed by atoms with Gasteiger partial charge in [-0.1, -0.05) is 15.9 Å². The fraction of sp³-hybridized carbons (Fsp3) is 0.467. The zero-order chi connectivity index (χ0) is 15.0. The Morgan fingerprint density at radius 2 is 1.95 bits per heavy atom. The van der Waals surface area contributed by atoms with Crippen LogP contribution in [0.15, 0.2) is 22.7 Å². The average Bonchev–Trinajstić information content (AvgIpc) is 3.30. The monoisotopic (exact) mass is 353 g/mol. The van der Waals surface area contributed by atoms with Gasteiger partial charge in [0, 0.05) is 16.6 Å². The van der Waals surface area contributed by atoms with E-state index in [4.69, 9.17) is 9.84 Å². The van der Waals surface area contributed by atoms with Crippen LogP contribution in [0.25, 0.3) is 0 Å². The molecule has 0 aromatic heterocycles. The molecule has 1 aliphatic carbocycles. The summed E-state index contributed by atoms with van der Waals surface area (Å²) in [5.74, 6) is -0.620. The van der Waals surface area contributed by atoms with Gasteiger partial charge in [-0.25, -0.2) is 4.79 Å². The average molecular weight is 354 g/mol. The van der Waals surface area contributed by atoms with Crippen LogP contribution in [0.5, 0.6) is 0 Å². The molecule has 0 bridgehead atoms. The number of hydrogen-bond donors (Lipinski definition) is 1. The van der Waals surface area contributed by atoms with E-state index in [0.29, 0.717) is 35.7 Å². The van der Waals surface area contributed by atoms with Crippen LogP contribution in [0.1, 0.15) is 33.6 Å². The second-order valence-corrected chi connectivity index (χ2v) is 6.43. The van der Waals surface area contributed by atoms with Crippen molar-refractivity contribution in [1.29, 1.82) is 0 Å². The zero-order valence-corrected chi connectivity index (χ0v) is 13.0. The normalized spacial score (nSPS) is 22.1. The lowest BCUT2D eigenvalue weighted by Gasteiger charge is -2.36. The third-order valence-corrected chi connectivity index (χ3v) is 4.44. The van der Waals surface area contributed by atoms with Crippen molar-refractivity contribution in [3.05, 3.63) is 33.8 Å². The van der Waals surface area contributed by atoms with E-state index in [-0.39, 0.29) is 17.5 Å². The summed E-state index contributed by atoms with van der Waals surface area (Å²) in [6.45, 7) is 1.68. The highest BCUT2D eigenvalue weighted by Crippen LogP contribution is 2.37. The van der Waals surface area contributed by atoms with Crippen LogP contribution < -0.4 is 0 Å². The second kappa shape index (κ2) is 5.77. The van der Waals surface area contributed by atoms with Gasteiger partial charge < -0.3 is 14.7 Å². The molecule has 1 aromatic carbocycles. The lowest BCUT2D eigenvalue weighted by Crippen LogP contribution is -2.49. The Balaban J connectivity index is 1.88. The molecule has 1 N–H and O–H groups in total. The maximum absolute atomic E-state index is 12.7. The van der Waals surface area contributed by atoms with Crippen molar-refractivity contribution in [3.63, 3.8) is 0 Å². The molecule has 21 heavy (non-hydrogen) atoms. The van der Waals surface area contributed by atoms with Gasteiger partial charge in [-0.3, -0.25) is 4.79 Å². The Morgan fingerprint density at radius 3 is 2.62 bits per heavy atom. The minimum Gasteiger partial charge on any atom is -0.478 e. The predicted octanol–water partition coefficient (Wildman–Crippen LogP) is 2.40. The van der Waals surface area contributed by atoms with Crippen LogP contribution in [0.3, 0.4) is 0 Å². The maximum atomic E-state index is 12.7. The molecule has 2 fully saturated rings. The van der Waals surface area contributed by atoms with Gasteiger partial charge in [0.25, 0.3) is 5.91 Å². The van der Waals surface area contributed by atoms with Crippen LogP contribution in [-0.2, 0) is 4.74 Å². The quantitative estimate of drug-likeness (QED) is 0.905. The Kier molecular flexibility index (Phi) is 3.99. The Labute approximate surface area is 131 Å². The Bertz CT molecular complexity index is 585. The number of rotatable bonds is 3. The summed E-state index contributed by atoms with van der Waals surface area (Å²) in [6, 6.07) is 4.73. The van der Waals surface area contributed by atoms with Crippen LogP contribution in [0.4, 0.5) is 0 Å². The number of carbonyl (C=O) groups excluding carboxylic acids is 1. The predicted molar refractivity (Wildman–Crippen MR) is 79.5 cm³/mol. The van der Waals surface area contributed by atoms with E-state index in [1.54, 1.807) is 6.07 Å². The molecule has 1 aromatic rings. The molecule has 5 nitrogen and oxygen atoms in total. The number of nitrogens with zero attached hydrogens (tertiary/aromatic N) is 1. The smallest absolute Gasteiger partial charge is 0.335 e. The van der Waals surface area contributed by atoms with Crippen molar-refractivity contribution < 1.29 is 19.4 Å². The number of morpholine rings is 1. The second-order valence-electron chi connectivity index (χ2n) is 5.51. The summed E-state index contributed by atoms with van der Waals surface area (Å²) in [5.41, 5.74) is 0.526. The van der Waals surface area contributed by atoms with Gasteiger partial charge in [0.15, 0.2) is 0 Å². The van der Waals surface area contributed by atoms with Gasteiger partial charge in [0.2, 0.25) is 0 Å². The highest BCUT2D eigenvalue weighted by Gasteiger charge is 2.39. The summed E-state index contributed by atoms with van der Waals surface area (Å²) in [4.78, 5) is 25.7. The lowest BCUT2D eigenvalue weighted by atomic mass is 10.1. The van der Waals surface area contributed by atoms with Gasteiger partial charge in [0.05, 0.1) is 24.8 Å². The Morgan fingerprint density at radius 1 is 1.24 bits per heavy atom. The highest BCUT2D eigenvalue weighted by atomic mass is 79.9. The lowest BCUT2D eigenvalue weighted by molar-refractivity contribution is -0.00834. The first-order valence-electron chi connectivity index (χ1n) is 6.99. The number of carbonyl (C=O) groups is 2. The van der Waals surface area contributed by atoms with Crippen molar-refractivity contribution >= 4 is 27.8 Å². The number of hydrogen-bond acceptors (Lipinski definition) is 3. The SMILES string of the molecule is O=C(O)c1cc(Br)cc(C(=O)N2CCOCC2C2CC2)c1. The molecule has 3 rings (SSSR count). The maximum Gasteiger partial charge on any atom is 0.335 e. The number of benzene rings is 1. The molecule has 1 saturated carbocycles. The van der Waals surface area contributed by atoms with E-state index in [9.17, 15) is 9.59 Å². The topological polar surface area (TPSA) is 66.8 Å². The molecule has 6 heteroatoms. The zero-order valence-electron chi connectivity index (χ0n) is 11.4. The fourth-order valence-electron chi connectivity index (χ4n) is 2.75. The van der Waals surface area contributed by atoms with E-state index in [1.165, 1.54) is 12.1 Å². The highest BCUT2D eigenvalue weighted by molar-refractivity contribution is 9.10. The van der Waals surface area contributed by atoms with Crippen LogP contribution >= 0.6 is 15.9 Å². The number of carboxylic acids is 1. The standard InChI is InChI=1S/C15H16BrNO4/c16-12-6-10(5-11(7-12)15(19)20)14(18)17-3-4-21-8-13(17)9-1-2-9/h5-7,9,13H,1-4,8H2,(H,19,20). The molecule has 112 valence electrons. The van der Waals surface area contributed by atoms with Gasteiger partial charge in [0.1, 0.15) is 0 Å². The van der Waals surface area contributed by atoms with E-state index in [2.05, 4.69) is 15.9 Å². The van der Waals surface area contributed by atoms with Crippen LogP contribution in [0, 0.1) is 5.92 Å². The van der Waals surface area contributed by atoms with Gasteiger partial charge in [-0.15, -0.1) is 0 Å². The van der Waals surface area contributed by atoms with Gasteiger partial charge >= 0.3 is 5.97 Å². The molecular formula is C15H16BrNO4. The fourth-order valence-corrected chi connectivity index (χ4v) is 3.24. The summed E-state index contributed by atoms with van der Waals surface area (Å²) in [6.07, 6.45) is 2.27. The summed E-state index contributed by atoms with van der Waals surface area (Å²) in [7, 11) is 0. The van der Waals surface area contributed by atoms with Gasteiger partial charge in [-0.2, -0.15) is 0 Å². The third kappa shape index (κ3) is 3.11. The van der Waals surface area contributed by atoms with E-state index >= 15 is 0 Å². The number of aromatic carboxylic acids is 1. The minimum absolute atomic E-state index is 0.112. The van der Waals surface area contributed by atoms with Crippen molar-refractivity contribution in [2.45, 2.75) is 18.9 Å². The Hall–Kier alpha value is -1.40. The molecule has 1 heterocycles. The molecule has 0 radical (unpaired) electrons. The van der Waals surface area contributed by atoms with Crippen molar-refractivity contribution in [3.8, 4) is 0 Å². The molecule has 1 saturated heterocycles. The number of amides is 1. The largest absolute Gasteiger partial charge is 0.478 e. The molecule has 0 spiro atoms. The third-order valence-electron chi connectivity index (χ3n) is 3.98.